The number of allylic oxidation sites excluding steroid dienone is 1. The fraction of sp³-hybridized carbons (Fsp3) is 0.350. The zero-order chi connectivity index (χ0) is 19.7. The van der Waals surface area contributed by atoms with Crippen molar-refractivity contribution >= 4 is 29.1 Å². The highest BCUT2D eigenvalue weighted by molar-refractivity contribution is 7.17. The van der Waals surface area contributed by atoms with E-state index >= 15 is 0 Å². The first kappa shape index (κ1) is 18.6. The quantitative estimate of drug-likeness (QED) is 0.758. The van der Waals surface area contributed by atoms with E-state index in [2.05, 4.69) is 15.2 Å². The largest absolute Gasteiger partial charge is 0.392 e. The van der Waals surface area contributed by atoms with E-state index in [1.54, 1.807) is 18.1 Å². The molecule has 1 aromatic heterocycles. The average Bonchev–Trinajstić information content (AvgIpc) is 3.34. The van der Waals surface area contributed by atoms with Crippen LogP contribution in [0.25, 0.3) is 10.6 Å². The monoisotopic (exact) mass is 399 g/mol. The molecule has 2 aromatic rings. The summed E-state index contributed by atoms with van der Waals surface area (Å²) in [5.41, 5.74) is 3.32. The summed E-state index contributed by atoms with van der Waals surface area (Å²) in [6.07, 6.45) is 3.33. The van der Waals surface area contributed by atoms with Gasteiger partial charge in [-0.2, -0.15) is 0 Å². The molecule has 2 aliphatic heterocycles. The molecule has 28 heavy (non-hydrogen) atoms. The number of carbonyl (C=O) groups excluding carboxylic acids is 1. The van der Waals surface area contributed by atoms with Crippen LogP contribution < -0.4 is 10.2 Å². The summed E-state index contributed by atoms with van der Waals surface area (Å²) in [6.45, 7) is 1.70. The standard InChI is InChI=1S/C20H22FN5OS/c1-23-11-16(10-22)26-9-7-17-18(20(26)27)28-19(24-17)13-2-4-15(5-3-13)25-8-6-14(21)12-25/h2-5,10-11,14,22-23H,6-9,12H2,1H3/b16-11+,22-10?. The highest BCUT2D eigenvalue weighted by Gasteiger charge is 2.30. The summed E-state index contributed by atoms with van der Waals surface area (Å²) >= 11 is 1.39. The summed E-state index contributed by atoms with van der Waals surface area (Å²) in [6, 6.07) is 7.95. The lowest BCUT2D eigenvalue weighted by Crippen LogP contribution is -2.37. The molecular formula is C20H22FN5OS. The molecule has 1 fully saturated rings. The first-order valence-electron chi connectivity index (χ1n) is 9.29. The van der Waals surface area contributed by atoms with Gasteiger partial charge in [-0.1, -0.05) is 0 Å². The van der Waals surface area contributed by atoms with Gasteiger partial charge in [-0.15, -0.1) is 11.3 Å². The van der Waals surface area contributed by atoms with Crippen LogP contribution >= 0.6 is 11.3 Å². The van der Waals surface area contributed by atoms with E-state index in [4.69, 9.17) is 5.41 Å². The Kier molecular flexibility index (Phi) is 5.13. The van der Waals surface area contributed by atoms with Crippen molar-refractivity contribution in [1.82, 2.24) is 15.2 Å². The number of thiazole rings is 1. The normalized spacial score (nSPS) is 19.7. The molecule has 6 nitrogen and oxygen atoms in total. The number of alkyl halides is 1. The van der Waals surface area contributed by atoms with Gasteiger partial charge in [0, 0.05) is 56.8 Å². The second-order valence-corrected chi connectivity index (χ2v) is 7.88. The minimum Gasteiger partial charge on any atom is -0.392 e. The number of nitrogens with zero attached hydrogens (tertiary/aromatic N) is 3. The topological polar surface area (TPSA) is 72.3 Å². The lowest BCUT2D eigenvalue weighted by molar-refractivity contribution is 0.0804. The van der Waals surface area contributed by atoms with Crippen LogP contribution in [0.4, 0.5) is 10.1 Å². The van der Waals surface area contributed by atoms with Crippen LogP contribution in [-0.2, 0) is 6.42 Å². The van der Waals surface area contributed by atoms with Crippen molar-refractivity contribution < 1.29 is 9.18 Å². The van der Waals surface area contributed by atoms with Crippen molar-refractivity contribution in [2.24, 2.45) is 0 Å². The lowest BCUT2D eigenvalue weighted by atomic mass is 10.1. The first-order valence-corrected chi connectivity index (χ1v) is 10.1. The van der Waals surface area contributed by atoms with Crippen molar-refractivity contribution in [1.29, 1.82) is 5.41 Å². The predicted octanol–water partition coefficient (Wildman–Crippen LogP) is 3.07. The number of benzene rings is 1. The molecule has 0 bridgehead atoms. The summed E-state index contributed by atoms with van der Waals surface area (Å²) in [7, 11) is 1.74. The van der Waals surface area contributed by atoms with Crippen LogP contribution in [-0.4, -0.2) is 54.9 Å². The number of fused-ring (bicyclic) bond motifs is 1. The van der Waals surface area contributed by atoms with Crippen LogP contribution in [0.3, 0.4) is 0 Å². The molecule has 1 atom stereocenters. The maximum atomic E-state index is 13.4. The third-order valence-corrected chi connectivity index (χ3v) is 6.21. The van der Waals surface area contributed by atoms with Gasteiger partial charge in [0.1, 0.15) is 16.1 Å². The van der Waals surface area contributed by atoms with E-state index in [9.17, 15) is 9.18 Å². The molecule has 1 unspecified atom stereocenters. The highest BCUT2D eigenvalue weighted by Crippen LogP contribution is 2.33. The van der Waals surface area contributed by atoms with Crippen LogP contribution in [0.5, 0.6) is 0 Å². The molecule has 8 heteroatoms. The van der Waals surface area contributed by atoms with Crippen molar-refractivity contribution in [3.8, 4) is 10.6 Å². The van der Waals surface area contributed by atoms with E-state index in [0.717, 1.165) is 28.5 Å². The molecule has 0 radical (unpaired) electrons. The van der Waals surface area contributed by atoms with Gasteiger partial charge in [0.05, 0.1) is 11.4 Å². The molecule has 1 saturated heterocycles. The van der Waals surface area contributed by atoms with Gasteiger partial charge >= 0.3 is 0 Å². The molecule has 2 aliphatic rings. The maximum absolute atomic E-state index is 13.4. The molecule has 146 valence electrons. The number of hydrogen-bond donors (Lipinski definition) is 2. The number of nitrogens with one attached hydrogen (secondary N) is 2. The predicted molar refractivity (Wildman–Crippen MR) is 110 cm³/mol. The number of hydrogen-bond acceptors (Lipinski definition) is 6. The lowest BCUT2D eigenvalue weighted by Gasteiger charge is -2.26. The molecule has 0 spiro atoms. The van der Waals surface area contributed by atoms with E-state index < -0.39 is 6.17 Å². The van der Waals surface area contributed by atoms with E-state index in [1.165, 1.54) is 17.6 Å². The van der Waals surface area contributed by atoms with Gasteiger partial charge in [-0.3, -0.25) is 4.79 Å². The number of carbonyl (C=O) groups is 1. The number of aromatic nitrogens is 1. The molecule has 0 aliphatic carbocycles. The fourth-order valence-electron chi connectivity index (χ4n) is 3.61. The van der Waals surface area contributed by atoms with Gasteiger partial charge in [-0.25, -0.2) is 9.37 Å². The number of rotatable bonds is 5. The minimum absolute atomic E-state index is 0.113. The molecule has 1 aromatic carbocycles. The van der Waals surface area contributed by atoms with Crippen LogP contribution in [0.1, 0.15) is 21.8 Å². The summed E-state index contributed by atoms with van der Waals surface area (Å²) in [5.74, 6) is -0.113. The summed E-state index contributed by atoms with van der Waals surface area (Å²) in [5, 5.41) is 11.2. The van der Waals surface area contributed by atoms with E-state index in [-0.39, 0.29) is 5.91 Å². The van der Waals surface area contributed by atoms with Crippen LogP contribution in [0.2, 0.25) is 0 Å². The van der Waals surface area contributed by atoms with Crippen LogP contribution in [0.15, 0.2) is 36.2 Å². The van der Waals surface area contributed by atoms with Crippen molar-refractivity contribution in [2.45, 2.75) is 19.0 Å². The average molecular weight is 399 g/mol. The van der Waals surface area contributed by atoms with Crippen LogP contribution in [0, 0.1) is 5.41 Å². The van der Waals surface area contributed by atoms with Gasteiger partial charge in [-0.05, 0) is 30.7 Å². The van der Waals surface area contributed by atoms with Gasteiger partial charge in [0.2, 0.25) is 0 Å². The Morgan fingerprint density at radius 3 is 2.79 bits per heavy atom. The van der Waals surface area contributed by atoms with E-state index in [1.807, 2.05) is 24.3 Å². The van der Waals surface area contributed by atoms with Crippen molar-refractivity contribution in [3.63, 3.8) is 0 Å². The zero-order valence-corrected chi connectivity index (χ0v) is 16.4. The fourth-order valence-corrected chi connectivity index (χ4v) is 4.68. The van der Waals surface area contributed by atoms with Gasteiger partial charge < -0.3 is 20.5 Å². The molecular weight excluding hydrogens is 377 g/mol. The molecule has 4 rings (SSSR count). The molecule has 3 heterocycles. The number of amides is 1. The van der Waals surface area contributed by atoms with Gasteiger partial charge in [0.15, 0.2) is 0 Å². The smallest absolute Gasteiger partial charge is 0.270 e. The minimum atomic E-state index is -0.748. The summed E-state index contributed by atoms with van der Waals surface area (Å²) in [4.78, 5) is 21.9. The Balaban J connectivity index is 1.56. The Morgan fingerprint density at radius 2 is 2.14 bits per heavy atom. The zero-order valence-electron chi connectivity index (χ0n) is 15.6. The van der Waals surface area contributed by atoms with Crippen molar-refractivity contribution in [2.75, 3.05) is 31.6 Å². The molecule has 2 N–H and O–H groups in total. The summed E-state index contributed by atoms with van der Waals surface area (Å²) < 4.78 is 13.4. The Hall–Kier alpha value is -2.74. The van der Waals surface area contributed by atoms with Gasteiger partial charge in [0.25, 0.3) is 5.91 Å². The molecule has 0 saturated carbocycles. The first-order chi connectivity index (χ1) is 13.6. The molecule has 1 amide bonds. The third-order valence-electron chi connectivity index (χ3n) is 5.07. The number of halogens is 1. The maximum Gasteiger partial charge on any atom is 0.270 e. The van der Waals surface area contributed by atoms with Crippen molar-refractivity contribution in [3.05, 3.63) is 46.7 Å². The Bertz CT molecular complexity index is 923. The second-order valence-electron chi connectivity index (χ2n) is 6.88. The second kappa shape index (κ2) is 7.71. The van der Waals surface area contributed by atoms with E-state index in [0.29, 0.717) is 36.5 Å². The SMILES string of the molecule is CN/C=C(\C=N)N1CCc2nc(-c3ccc(N4CCC(F)C4)cc3)sc2C1=O. The Labute approximate surface area is 167 Å². The highest BCUT2D eigenvalue weighted by atomic mass is 32.1. The number of anilines is 1. The Morgan fingerprint density at radius 1 is 1.36 bits per heavy atom. The third kappa shape index (κ3) is 3.40.